The van der Waals surface area contributed by atoms with Gasteiger partial charge in [-0.1, -0.05) is 76.2 Å². The normalized spacial score (nSPS) is 30.2. The van der Waals surface area contributed by atoms with Crippen LogP contribution >= 0.6 is 15.9 Å². The van der Waals surface area contributed by atoms with E-state index in [0.717, 1.165) is 0 Å². The van der Waals surface area contributed by atoms with Crippen molar-refractivity contribution in [3.05, 3.63) is 93.1 Å². The molecule has 126 valence electrons. The minimum Gasteiger partial charge on any atom is -0.0839 e. The Labute approximate surface area is 158 Å². The first-order chi connectivity index (χ1) is 12.3. The van der Waals surface area contributed by atoms with Crippen LogP contribution in [0.1, 0.15) is 43.6 Å². The molecule has 0 aromatic heterocycles. The SMILES string of the molecule is Brc1ccccc1C1CCC2=C(C1)C1C=CC=CC1C1=C2CCC=C1. The average molecular weight is 391 g/mol. The number of allylic oxidation sites excluding steroid dienone is 10. The van der Waals surface area contributed by atoms with Gasteiger partial charge in [0.05, 0.1) is 0 Å². The van der Waals surface area contributed by atoms with E-state index in [2.05, 4.69) is 76.7 Å². The second-order valence-corrected chi connectivity index (χ2v) is 8.52. The second-order valence-electron chi connectivity index (χ2n) is 7.66. The van der Waals surface area contributed by atoms with Gasteiger partial charge in [0.1, 0.15) is 0 Å². The van der Waals surface area contributed by atoms with Gasteiger partial charge in [0.15, 0.2) is 0 Å². The highest BCUT2D eigenvalue weighted by atomic mass is 79.9. The first-order valence-corrected chi connectivity index (χ1v) is 10.3. The van der Waals surface area contributed by atoms with E-state index in [9.17, 15) is 0 Å². The number of halogens is 1. The number of fused-ring (bicyclic) bond motifs is 4. The van der Waals surface area contributed by atoms with Crippen LogP contribution in [0.25, 0.3) is 0 Å². The zero-order chi connectivity index (χ0) is 16.8. The molecule has 4 aliphatic rings. The van der Waals surface area contributed by atoms with Crippen molar-refractivity contribution < 1.29 is 0 Å². The van der Waals surface area contributed by atoms with Crippen molar-refractivity contribution in [1.29, 1.82) is 0 Å². The van der Waals surface area contributed by atoms with E-state index in [1.165, 1.54) is 42.1 Å². The Morgan fingerprint density at radius 1 is 0.920 bits per heavy atom. The third-order valence-electron chi connectivity index (χ3n) is 6.41. The molecule has 0 amide bonds. The van der Waals surface area contributed by atoms with E-state index in [0.29, 0.717) is 17.8 Å². The molecule has 0 saturated carbocycles. The van der Waals surface area contributed by atoms with E-state index >= 15 is 0 Å². The molecule has 0 spiro atoms. The van der Waals surface area contributed by atoms with Gasteiger partial charge < -0.3 is 0 Å². The predicted molar refractivity (Wildman–Crippen MR) is 108 cm³/mol. The molecule has 1 heteroatoms. The summed E-state index contributed by atoms with van der Waals surface area (Å²) in [5, 5.41) is 0. The summed E-state index contributed by atoms with van der Waals surface area (Å²) >= 11 is 3.78. The molecule has 25 heavy (non-hydrogen) atoms. The van der Waals surface area contributed by atoms with E-state index in [4.69, 9.17) is 0 Å². The topological polar surface area (TPSA) is 0 Å². The van der Waals surface area contributed by atoms with Gasteiger partial charge >= 0.3 is 0 Å². The Kier molecular flexibility index (Phi) is 3.93. The molecule has 0 aliphatic heterocycles. The molecular formula is C24H23Br. The standard InChI is InChI=1S/C24H23Br/c25-24-12-6-5-7-17(24)16-13-14-22-20-10-2-1-8-18(20)19-9-3-4-11-21(19)23(22)15-16/h1,3-9,11-12,16,19,21H,2,10,13-15H2. The van der Waals surface area contributed by atoms with Crippen LogP contribution in [0.4, 0.5) is 0 Å². The molecule has 0 N–H and O–H groups in total. The Morgan fingerprint density at radius 2 is 1.76 bits per heavy atom. The molecule has 0 radical (unpaired) electrons. The highest BCUT2D eigenvalue weighted by molar-refractivity contribution is 9.10. The summed E-state index contributed by atoms with van der Waals surface area (Å²) in [7, 11) is 0. The van der Waals surface area contributed by atoms with Crippen LogP contribution in [0.3, 0.4) is 0 Å². The van der Waals surface area contributed by atoms with Crippen LogP contribution in [0.2, 0.25) is 0 Å². The van der Waals surface area contributed by atoms with E-state index < -0.39 is 0 Å². The first kappa shape index (κ1) is 15.6. The average Bonchev–Trinajstić information content (AvgIpc) is 2.68. The fourth-order valence-electron chi connectivity index (χ4n) is 5.28. The first-order valence-electron chi connectivity index (χ1n) is 9.54. The summed E-state index contributed by atoms with van der Waals surface area (Å²) in [5.74, 6) is 1.79. The van der Waals surface area contributed by atoms with Crippen molar-refractivity contribution in [1.82, 2.24) is 0 Å². The Morgan fingerprint density at radius 3 is 2.64 bits per heavy atom. The second kappa shape index (κ2) is 6.29. The maximum absolute atomic E-state index is 3.78. The van der Waals surface area contributed by atoms with Crippen molar-refractivity contribution in [2.24, 2.45) is 11.8 Å². The Hall–Kier alpha value is -1.60. The monoisotopic (exact) mass is 390 g/mol. The van der Waals surface area contributed by atoms with Crippen LogP contribution in [-0.2, 0) is 0 Å². The molecule has 3 atom stereocenters. The molecule has 1 aromatic carbocycles. The van der Waals surface area contributed by atoms with Crippen LogP contribution in [0.5, 0.6) is 0 Å². The predicted octanol–water partition coefficient (Wildman–Crippen LogP) is 7.03. The van der Waals surface area contributed by atoms with Gasteiger partial charge in [-0.05, 0) is 66.4 Å². The summed E-state index contributed by atoms with van der Waals surface area (Å²) in [5.41, 5.74) is 8.22. The fourth-order valence-corrected chi connectivity index (χ4v) is 5.89. The summed E-state index contributed by atoms with van der Waals surface area (Å²) in [4.78, 5) is 0. The maximum atomic E-state index is 3.78. The minimum atomic E-state index is 0.563. The van der Waals surface area contributed by atoms with Gasteiger partial charge in [0, 0.05) is 16.3 Å². The van der Waals surface area contributed by atoms with E-state index in [-0.39, 0.29) is 0 Å². The third-order valence-corrected chi connectivity index (χ3v) is 7.13. The van der Waals surface area contributed by atoms with Crippen molar-refractivity contribution >= 4 is 15.9 Å². The van der Waals surface area contributed by atoms with Gasteiger partial charge in [-0.15, -0.1) is 0 Å². The van der Waals surface area contributed by atoms with Gasteiger partial charge in [-0.25, -0.2) is 0 Å². The summed E-state index contributed by atoms with van der Waals surface area (Å²) in [6.45, 7) is 0. The van der Waals surface area contributed by atoms with Crippen molar-refractivity contribution in [2.45, 2.75) is 38.0 Å². The number of hydrogen-bond donors (Lipinski definition) is 0. The number of rotatable bonds is 1. The molecule has 0 nitrogen and oxygen atoms in total. The quantitative estimate of drug-likeness (QED) is 0.482. The minimum absolute atomic E-state index is 0.563. The van der Waals surface area contributed by atoms with Gasteiger partial charge in [0.2, 0.25) is 0 Å². The maximum Gasteiger partial charge on any atom is 0.0210 e. The lowest BCUT2D eigenvalue weighted by Gasteiger charge is -2.42. The van der Waals surface area contributed by atoms with E-state index in [1.54, 1.807) is 22.3 Å². The molecule has 4 aliphatic carbocycles. The van der Waals surface area contributed by atoms with Crippen molar-refractivity contribution in [2.75, 3.05) is 0 Å². The van der Waals surface area contributed by atoms with Crippen LogP contribution in [-0.4, -0.2) is 0 Å². The smallest absolute Gasteiger partial charge is 0.0210 e. The largest absolute Gasteiger partial charge is 0.0839 e. The molecule has 5 rings (SSSR count). The van der Waals surface area contributed by atoms with Gasteiger partial charge in [-0.2, -0.15) is 0 Å². The van der Waals surface area contributed by atoms with Gasteiger partial charge in [0.25, 0.3) is 0 Å². The summed E-state index contributed by atoms with van der Waals surface area (Å²) < 4.78 is 1.27. The Bertz CT molecular complexity index is 862. The summed E-state index contributed by atoms with van der Waals surface area (Å²) in [6.07, 6.45) is 20.4. The third kappa shape index (κ3) is 2.56. The molecule has 0 bridgehead atoms. The Balaban J connectivity index is 1.58. The number of benzene rings is 1. The lowest BCUT2D eigenvalue weighted by atomic mass is 9.62. The molecule has 3 unspecified atom stereocenters. The lowest BCUT2D eigenvalue weighted by molar-refractivity contribution is 0.480. The zero-order valence-electron chi connectivity index (χ0n) is 14.4. The fraction of sp³-hybridized carbons (Fsp3) is 0.333. The van der Waals surface area contributed by atoms with Crippen molar-refractivity contribution in [3.8, 4) is 0 Å². The number of hydrogen-bond acceptors (Lipinski definition) is 0. The zero-order valence-corrected chi connectivity index (χ0v) is 16.0. The summed E-state index contributed by atoms with van der Waals surface area (Å²) in [6, 6.07) is 8.81. The van der Waals surface area contributed by atoms with Crippen molar-refractivity contribution in [3.63, 3.8) is 0 Å². The van der Waals surface area contributed by atoms with Crippen LogP contribution in [0.15, 0.2) is 87.5 Å². The van der Waals surface area contributed by atoms with Crippen LogP contribution < -0.4 is 0 Å². The van der Waals surface area contributed by atoms with Crippen LogP contribution in [0, 0.1) is 11.8 Å². The highest BCUT2D eigenvalue weighted by Crippen LogP contribution is 2.52. The molecule has 1 aromatic rings. The van der Waals surface area contributed by atoms with E-state index in [1.807, 2.05) is 0 Å². The molecule has 0 saturated heterocycles. The highest BCUT2D eigenvalue weighted by Gasteiger charge is 2.38. The lowest BCUT2D eigenvalue weighted by Crippen LogP contribution is -2.28. The van der Waals surface area contributed by atoms with Gasteiger partial charge in [-0.3, -0.25) is 0 Å². The molecular weight excluding hydrogens is 368 g/mol. The molecule has 0 fully saturated rings. The molecule has 0 heterocycles.